The van der Waals surface area contributed by atoms with Crippen LogP contribution in [0.4, 0.5) is 0 Å². The van der Waals surface area contributed by atoms with E-state index in [1.165, 1.54) is 6.26 Å². The second-order valence-electron chi connectivity index (χ2n) is 8.28. The summed E-state index contributed by atoms with van der Waals surface area (Å²) in [7, 11) is 1.75. The van der Waals surface area contributed by atoms with Crippen molar-refractivity contribution >= 4 is 11.8 Å². The van der Waals surface area contributed by atoms with Gasteiger partial charge in [0, 0.05) is 31.3 Å². The minimum absolute atomic E-state index is 0.171. The number of rotatable bonds is 8. The highest BCUT2D eigenvalue weighted by Gasteiger charge is 2.27. The van der Waals surface area contributed by atoms with E-state index in [9.17, 15) is 9.59 Å². The van der Waals surface area contributed by atoms with Gasteiger partial charge in [0.05, 0.1) is 17.6 Å². The molecule has 0 spiro atoms. The third kappa shape index (κ3) is 5.09. The van der Waals surface area contributed by atoms with Gasteiger partial charge in [-0.15, -0.1) is 0 Å². The Kier molecular flexibility index (Phi) is 6.92. The minimum Gasteiger partial charge on any atom is -0.459 e. The highest BCUT2D eigenvalue weighted by atomic mass is 16.3. The molecule has 0 bridgehead atoms. The lowest BCUT2D eigenvalue weighted by atomic mass is 10.0. The van der Waals surface area contributed by atoms with E-state index < -0.39 is 11.9 Å². The maximum atomic E-state index is 13.5. The molecule has 0 aliphatic carbocycles. The Morgan fingerprint density at radius 2 is 1.68 bits per heavy atom. The number of carbonyl (C=O) groups is 2. The number of hydrogen-bond donors (Lipinski definition) is 1. The van der Waals surface area contributed by atoms with E-state index >= 15 is 0 Å². The average Bonchev–Trinajstić information content (AvgIpc) is 3.49. The summed E-state index contributed by atoms with van der Waals surface area (Å²) >= 11 is 0. The lowest BCUT2D eigenvalue weighted by Gasteiger charge is -2.25. The summed E-state index contributed by atoms with van der Waals surface area (Å²) in [5, 5.41) is 7.53. The van der Waals surface area contributed by atoms with Crippen molar-refractivity contribution in [2.75, 3.05) is 7.05 Å². The molecule has 0 unspecified atom stereocenters. The number of likely N-dealkylation sites (N-methyl/N-ethyl adjacent to an activating group) is 1. The van der Waals surface area contributed by atoms with Crippen molar-refractivity contribution in [3.05, 3.63) is 107 Å². The quantitative estimate of drug-likeness (QED) is 0.433. The van der Waals surface area contributed by atoms with Crippen molar-refractivity contribution in [1.82, 2.24) is 20.0 Å². The molecule has 4 aromatic rings. The molecule has 2 heterocycles. The van der Waals surface area contributed by atoms with E-state index in [4.69, 9.17) is 4.42 Å². The summed E-state index contributed by atoms with van der Waals surface area (Å²) in [5.41, 5.74) is 4.74. The topological polar surface area (TPSA) is 80.4 Å². The third-order valence-electron chi connectivity index (χ3n) is 5.84. The molecule has 0 fully saturated rings. The molecule has 0 aliphatic heterocycles. The lowest BCUT2D eigenvalue weighted by molar-refractivity contribution is -0.132. The van der Waals surface area contributed by atoms with Crippen LogP contribution in [0.25, 0.3) is 5.69 Å². The van der Waals surface area contributed by atoms with Gasteiger partial charge in [0.2, 0.25) is 5.91 Å². The summed E-state index contributed by atoms with van der Waals surface area (Å²) in [4.78, 5) is 27.8. The van der Waals surface area contributed by atoms with Crippen molar-refractivity contribution in [1.29, 1.82) is 0 Å². The fraction of sp³-hybridized carbons (Fsp3) is 0.222. The molecule has 1 N–H and O–H groups in total. The SMILES string of the molecule is Cc1nn(-c2ccccc2)c(C)c1CN(C)C(=O)[C@@H](Cc1ccccc1)NC(=O)c1ccco1. The predicted molar refractivity (Wildman–Crippen MR) is 130 cm³/mol. The maximum Gasteiger partial charge on any atom is 0.287 e. The van der Waals surface area contributed by atoms with E-state index in [1.807, 2.05) is 79.2 Å². The van der Waals surface area contributed by atoms with E-state index in [0.717, 1.165) is 28.2 Å². The maximum absolute atomic E-state index is 13.5. The summed E-state index contributed by atoms with van der Waals surface area (Å²) in [6, 6.07) is 22.0. The van der Waals surface area contributed by atoms with Crippen molar-refractivity contribution in [2.24, 2.45) is 0 Å². The Morgan fingerprint density at radius 3 is 2.32 bits per heavy atom. The van der Waals surface area contributed by atoms with Crippen molar-refractivity contribution in [3.8, 4) is 5.69 Å². The normalized spacial score (nSPS) is 11.7. The number of benzene rings is 2. The van der Waals surface area contributed by atoms with Crippen LogP contribution in [0.15, 0.2) is 83.5 Å². The van der Waals surface area contributed by atoms with Crippen LogP contribution < -0.4 is 5.32 Å². The molecule has 0 radical (unpaired) electrons. The number of aromatic nitrogens is 2. The van der Waals surface area contributed by atoms with Gasteiger partial charge in [-0.25, -0.2) is 4.68 Å². The molecule has 0 saturated heterocycles. The Bertz CT molecular complexity index is 1250. The monoisotopic (exact) mass is 456 g/mol. The van der Waals surface area contributed by atoms with Crippen LogP contribution in [0.2, 0.25) is 0 Å². The lowest BCUT2D eigenvalue weighted by Crippen LogP contribution is -2.48. The zero-order valence-electron chi connectivity index (χ0n) is 19.6. The molecule has 2 aromatic heterocycles. The number of nitrogens with one attached hydrogen (secondary N) is 1. The molecule has 7 nitrogen and oxygen atoms in total. The molecule has 2 aromatic carbocycles. The number of carbonyl (C=O) groups excluding carboxylic acids is 2. The van der Waals surface area contributed by atoms with Crippen molar-refractivity contribution in [2.45, 2.75) is 32.9 Å². The molecule has 0 aliphatic rings. The Balaban J connectivity index is 1.55. The Labute approximate surface area is 199 Å². The first-order valence-corrected chi connectivity index (χ1v) is 11.2. The standard InChI is InChI=1S/C27H28N4O3/c1-19-23(20(2)31(29-19)22-13-8-5-9-14-22)18-30(3)27(33)24(17-21-11-6-4-7-12-21)28-26(32)25-15-10-16-34-25/h4-16,24H,17-18H2,1-3H3,(H,28,32)/t24-/m1/s1. The van der Waals surface area contributed by atoms with Gasteiger partial charge in [-0.2, -0.15) is 5.10 Å². The van der Waals surface area contributed by atoms with Crippen LogP contribution in [0.3, 0.4) is 0 Å². The molecule has 2 amide bonds. The number of para-hydroxylation sites is 1. The average molecular weight is 457 g/mol. The zero-order chi connectivity index (χ0) is 24.1. The van der Waals surface area contributed by atoms with Gasteiger partial charge in [0.1, 0.15) is 6.04 Å². The van der Waals surface area contributed by atoms with E-state index in [0.29, 0.717) is 13.0 Å². The largest absolute Gasteiger partial charge is 0.459 e. The van der Waals surface area contributed by atoms with Crippen LogP contribution in [0.5, 0.6) is 0 Å². The van der Waals surface area contributed by atoms with Gasteiger partial charge in [-0.3, -0.25) is 9.59 Å². The van der Waals surface area contributed by atoms with Crippen LogP contribution in [-0.2, 0) is 17.8 Å². The van der Waals surface area contributed by atoms with Gasteiger partial charge in [-0.05, 0) is 43.7 Å². The molecule has 7 heteroatoms. The number of amides is 2. The van der Waals surface area contributed by atoms with Gasteiger partial charge >= 0.3 is 0 Å². The molecule has 4 rings (SSSR count). The fourth-order valence-electron chi connectivity index (χ4n) is 3.99. The van der Waals surface area contributed by atoms with Gasteiger partial charge in [0.25, 0.3) is 5.91 Å². The first kappa shape index (κ1) is 23.0. The molecule has 1 atom stereocenters. The second kappa shape index (κ2) is 10.2. The van der Waals surface area contributed by atoms with Crippen LogP contribution >= 0.6 is 0 Å². The second-order valence-corrected chi connectivity index (χ2v) is 8.28. The predicted octanol–water partition coefficient (Wildman–Crippen LogP) is 4.08. The van der Waals surface area contributed by atoms with E-state index in [2.05, 4.69) is 10.4 Å². The zero-order valence-corrected chi connectivity index (χ0v) is 19.6. The van der Waals surface area contributed by atoms with Crippen LogP contribution in [0.1, 0.15) is 33.1 Å². The smallest absolute Gasteiger partial charge is 0.287 e. The fourth-order valence-corrected chi connectivity index (χ4v) is 3.99. The van der Waals surface area contributed by atoms with E-state index in [-0.39, 0.29) is 11.7 Å². The minimum atomic E-state index is -0.741. The van der Waals surface area contributed by atoms with Crippen LogP contribution in [0, 0.1) is 13.8 Å². The number of aryl methyl sites for hydroxylation is 1. The highest BCUT2D eigenvalue weighted by molar-refractivity contribution is 5.95. The Morgan fingerprint density at radius 1 is 1.00 bits per heavy atom. The summed E-state index contributed by atoms with van der Waals surface area (Å²) < 4.78 is 7.10. The summed E-state index contributed by atoms with van der Waals surface area (Å²) in [6.07, 6.45) is 1.81. The summed E-state index contributed by atoms with van der Waals surface area (Å²) in [5.74, 6) is -0.434. The summed E-state index contributed by atoms with van der Waals surface area (Å²) in [6.45, 7) is 4.33. The van der Waals surface area contributed by atoms with Crippen molar-refractivity contribution < 1.29 is 14.0 Å². The van der Waals surface area contributed by atoms with Gasteiger partial charge in [-0.1, -0.05) is 48.5 Å². The molecule has 34 heavy (non-hydrogen) atoms. The Hall–Kier alpha value is -4.13. The molecular formula is C27H28N4O3. The van der Waals surface area contributed by atoms with Crippen molar-refractivity contribution in [3.63, 3.8) is 0 Å². The number of hydrogen-bond acceptors (Lipinski definition) is 4. The molecule has 174 valence electrons. The molecule has 0 saturated carbocycles. The third-order valence-corrected chi connectivity index (χ3v) is 5.84. The van der Waals surface area contributed by atoms with E-state index in [1.54, 1.807) is 24.1 Å². The number of furan rings is 1. The van der Waals surface area contributed by atoms with Crippen LogP contribution in [-0.4, -0.2) is 39.6 Å². The van der Waals surface area contributed by atoms with Gasteiger partial charge < -0.3 is 14.6 Å². The first-order valence-electron chi connectivity index (χ1n) is 11.2. The van der Waals surface area contributed by atoms with Gasteiger partial charge in [0.15, 0.2) is 5.76 Å². The number of nitrogens with zero attached hydrogens (tertiary/aromatic N) is 3. The molecular weight excluding hydrogens is 428 g/mol. The highest BCUT2D eigenvalue weighted by Crippen LogP contribution is 2.20. The first-order chi connectivity index (χ1) is 16.4.